The first kappa shape index (κ1) is 26.2. The summed E-state index contributed by atoms with van der Waals surface area (Å²) in [6, 6.07) is 0. The van der Waals surface area contributed by atoms with Crippen LogP contribution in [-0.2, 0) is 19.9 Å². The standard InChI is InChI=1S/C6H8O7.2K.O/c7-3(8)1-6(13,5(11)12)2-4(9)10;;;/h13H,1-2H2,(H,7,8)(H,9,10)(H,11,12);;;/q;2*+1;-2. The summed E-state index contributed by atoms with van der Waals surface area (Å²) in [5.41, 5.74) is -2.74. The SMILES string of the molecule is O=C(O)CC(O)(CC(=O)O)C(=O)O.[K+].[K+].[O-2]. The van der Waals surface area contributed by atoms with E-state index in [9.17, 15) is 14.4 Å². The molecule has 16 heavy (non-hydrogen) atoms. The molecule has 82 valence electrons. The van der Waals surface area contributed by atoms with Crippen molar-refractivity contribution in [2.75, 3.05) is 0 Å². The largest absolute Gasteiger partial charge is 2.00 e. The number of carboxylic acid groups (broad SMARTS) is 3. The Kier molecular flexibility index (Phi) is 19.1. The molecule has 0 amide bonds. The summed E-state index contributed by atoms with van der Waals surface area (Å²) in [7, 11) is 0. The van der Waals surface area contributed by atoms with Crippen LogP contribution in [0.15, 0.2) is 0 Å². The van der Waals surface area contributed by atoms with Crippen molar-refractivity contribution in [1.82, 2.24) is 0 Å². The Morgan fingerprint density at radius 2 is 1.12 bits per heavy atom. The number of carboxylic acids is 3. The summed E-state index contributed by atoms with van der Waals surface area (Å²) in [6.45, 7) is 0. The van der Waals surface area contributed by atoms with Gasteiger partial charge in [0.2, 0.25) is 0 Å². The molecule has 0 saturated carbocycles. The van der Waals surface area contributed by atoms with Crippen molar-refractivity contribution in [3.05, 3.63) is 0 Å². The molecule has 0 unspecified atom stereocenters. The van der Waals surface area contributed by atoms with E-state index < -0.39 is 36.4 Å². The summed E-state index contributed by atoms with van der Waals surface area (Å²) < 4.78 is 0. The predicted octanol–water partition coefficient (Wildman–Crippen LogP) is -7.36. The Bertz CT molecular complexity index is 237. The molecule has 4 N–H and O–H groups in total. The molecule has 0 aliphatic heterocycles. The van der Waals surface area contributed by atoms with Gasteiger partial charge in [0.05, 0.1) is 12.8 Å². The molecule has 0 saturated heterocycles. The minimum atomic E-state index is -2.74. The van der Waals surface area contributed by atoms with E-state index in [2.05, 4.69) is 0 Å². The predicted molar refractivity (Wildman–Crippen MR) is 37.8 cm³/mol. The van der Waals surface area contributed by atoms with E-state index in [4.69, 9.17) is 20.4 Å². The fourth-order valence-corrected chi connectivity index (χ4v) is 0.714. The van der Waals surface area contributed by atoms with E-state index in [1.807, 2.05) is 0 Å². The van der Waals surface area contributed by atoms with Crippen molar-refractivity contribution >= 4 is 17.9 Å². The Labute approximate surface area is 176 Å². The third-order valence-electron chi connectivity index (χ3n) is 1.29. The minimum Gasteiger partial charge on any atom is -2.00 e. The van der Waals surface area contributed by atoms with Gasteiger partial charge in [0, 0.05) is 0 Å². The average Bonchev–Trinajstić information content (AvgIpc) is 1.82. The van der Waals surface area contributed by atoms with Crippen molar-refractivity contribution in [3.8, 4) is 0 Å². The van der Waals surface area contributed by atoms with Crippen LogP contribution in [0, 0.1) is 0 Å². The minimum absolute atomic E-state index is 0. The molecule has 10 heteroatoms. The van der Waals surface area contributed by atoms with Gasteiger partial charge in [-0.1, -0.05) is 0 Å². The summed E-state index contributed by atoms with van der Waals surface area (Å²) in [6.07, 6.45) is -2.29. The number of hydrogen-bond donors (Lipinski definition) is 4. The maximum absolute atomic E-state index is 10.3. The third kappa shape index (κ3) is 10.7. The molecule has 0 bridgehead atoms. The first-order chi connectivity index (χ1) is 5.78. The van der Waals surface area contributed by atoms with Gasteiger partial charge < -0.3 is 25.9 Å². The second-order valence-electron chi connectivity index (χ2n) is 2.48. The number of hydrogen-bond acceptors (Lipinski definition) is 4. The van der Waals surface area contributed by atoms with Crippen molar-refractivity contribution in [1.29, 1.82) is 0 Å². The number of aliphatic carboxylic acids is 3. The molecular formula is C6H8K2O8. The summed E-state index contributed by atoms with van der Waals surface area (Å²) in [5, 5.41) is 33.8. The summed E-state index contributed by atoms with van der Waals surface area (Å²) >= 11 is 0. The van der Waals surface area contributed by atoms with E-state index in [1.165, 1.54) is 0 Å². The van der Waals surface area contributed by atoms with Gasteiger partial charge >= 0.3 is 121 Å². The Morgan fingerprint density at radius 3 is 1.25 bits per heavy atom. The van der Waals surface area contributed by atoms with E-state index >= 15 is 0 Å². The van der Waals surface area contributed by atoms with Crippen LogP contribution in [0.3, 0.4) is 0 Å². The first-order valence-electron chi connectivity index (χ1n) is 3.17. The molecule has 0 aliphatic carbocycles. The van der Waals surface area contributed by atoms with Gasteiger partial charge in [0.25, 0.3) is 0 Å². The van der Waals surface area contributed by atoms with Crippen molar-refractivity contribution < 1.29 is 143 Å². The third-order valence-corrected chi connectivity index (χ3v) is 1.29. The van der Waals surface area contributed by atoms with Crippen LogP contribution in [0.2, 0.25) is 0 Å². The summed E-state index contributed by atoms with van der Waals surface area (Å²) in [4.78, 5) is 30.5. The quantitative estimate of drug-likeness (QED) is 0.365. The van der Waals surface area contributed by atoms with Gasteiger partial charge in [0.1, 0.15) is 0 Å². The molecule has 0 aliphatic rings. The number of carbonyl (C=O) groups is 3. The second-order valence-corrected chi connectivity index (χ2v) is 2.48. The van der Waals surface area contributed by atoms with Crippen LogP contribution in [0.1, 0.15) is 12.8 Å². The van der Waals surface area contributed by atoms with Crippen LogP contribution in [0.25, 0.3) is 0 Å². The van der Waals surface area contributed by atoms with Gasteiger partial charge in [-0.25, -0.2) is 4.79 Å². The van der Waals surface area contributed by atoms with E-state index in [-0.39, 0.29) is 108 Å². The van der Waals surface area contributed by atoms with Crippen LogP contribution < -0.4 is 103 Å². The van der Waals surface area contributed by atoms with Crippen molar-refractivity contribution in [2.24, 2.45) is 0 Å². The molecule has 0 aromatic heterocycles. The second kappa shape index (κ2) is 11.7. The number of aliphatic hydroxyl groups is 1. The average molecular weight is 286 g/mol. The zero-order valence-corrected chi connectivity index (χ0v) is 15.1. The Hall–Kier alpha value is 1.60. The van der Waals surface area contributed by atoms with Crippen LogP contribution in [0.5, 0.6) is 0 Å². The normalized spacial score (nSPS) is 8.81. The molecule has 0 heterocycles. The molecule has 0 rings (SSSR count). The Balaban J connectivity index is -0.000000240. The topological polar surface area (TPSA) is 161 Å². The smallest absolute Gasteiger partial charge is 1.00 e. The van der Waals surface area contributed by atoms with Crippen molar-refractivity contribution in [2.45, 2.75) is 18.4 Å². The fourth-order valence-electron chi connectivity index (χ4n) is 0.714. The molecule has 0 atom stereocenters. The zero-order valence-electron chi connectivity index (χ0n) is 8.84. The van der Waals surface area contributed by atoms with Crippen molar-refractivity contribution in [3.63, 3.8) is 0 Å². The fraction of sp³-hybridized carbons (Fsp3) is 0.500. The molecule has 0 aromatic carbocycles. The zero-order chi connectivity index (χ0) is 10.6. The van der Waals surface area contributed by atoms with Gasteiger partial charge in [-0.15, -0.1) is 0 Å². The van der Waals surface area contributed by atoms with Gasteiger partial charge in [-0.05, 0) is 0 Å². The molecule has 0 fully saturated rings. The number of rotatable bonds is 5. The van der Waals surface area contributed by atoms with Crippen LogP contribution in [0.4, 0.5) is 0 Å². The van der Waals surface area contributed by atoms with Gasteiger partial charge in [-0.3, -0.25) is 9.59 Å². The summed E-state index contributed by atoms with van der Waals surface area (Å²) in [5.74, 6) is -5.02. The maximum Gasteiger partial charge on any atom is 1.00 e. The molecule has 0 aromatic rings. The van der Waals surface area contributed by atoms with Crippen LogP contribution >= 0.6 is 0 Å². The molecule has 8 nitrogen and oxygen atoms in total. The monoisotopic (exact) mass is 286 g/mol. The van der Waals surface area contributed by atoms with E-state index in [1.54, 1.807) is 0 Å². The first-order valence-corrected chi connectivity index (χ1v) is 3.17. The maximum atomic E-state index is 10.3. The van der Waals surface area contributed by atoms with E-state index in [0.717, 1.165) is 0 Å². The van der Waals surface area contributed by atoms with Crippen LogP contribution in [-0.4, -0.2) is 43.9 Å². The molecular weight excluding hydrogens is 278 g/mol. The Morgan fingerprint density at radius 1 is 0.875 bits per heavy atom. The molecule has 0 spiro atoms. The molecule has 0 radical (unpaired) electrons. The van der Waals surface area contributed by atoms with Gasteiger partial charge in [-0.2, -0.15) is 0 Å². The van der Waals surface area contributed by atoms with E-state index in [0.29, 0.717) is 0 Å². The van der Waals surface area contributed by atoms with Gasteiger partial charge in [0.15, 0.2) is 5.60 Å².